The minimum absolute atomic E-state index is 0.0222. The number of carbonyl (C=O) groups is 4. The van der Waals surface area contributed by atoms with Gasteiger partial charge in [-0.3, -0.25) is 24.4 Å². The number of halogens is 1. The molecule has 0 bridgehead atoms. The van der Waals surface area contributed by atoms with Crippen molar-refractivity contribution < 1.29 is 34.2 Å². The van der Waals surface area contributed by atoms with Crippen molar-refractivity contribution in [2.24, 2.45) is 17.8 Å². The number of phenolic OH excluding ortho intramolecular Hbond substituents is 1. The summed E-state index contributed by atoms with van der Waals surface area (Å²) < 4.78 is 5.60. The van der Waals surface area contributed by atoms with Crippen LogP contribution < -0.4 is 4.74 Å². The van der Waals surface area contributed by atoms with Gasteiger partial charge in [0.2, 0.25) is 0 Å². The number of carbonyl (C=O) groups excluding carboxylic acids is 4. The van der Waals surface area contributed by atoms with E-state index < -0.39 is 35.5 Å². The van der Waals surface area contributed by atoms with Crippen LogP contribution in [0.25, 0.3) is 0 Å². The number of methoxy groups -OCH3 is 1. The van der Waals surface area contributed by atoms with E-state index in [2.05, 4.69) is 15.9 Å². The molecule has 0 radical (unpaired) electrons. The van der Waals surface area contributed by atoms with E-state index in [0.717, 1.165) is 5.57 Å². The molecule has 0 unspecified atom stereocenters. The number of benzene rings is 1. The van der Waals surface area contributed by atoms with Crippen LogP contribution in [0.5, 0.6) is 11.5 Å². The number of phenols is 1. The zero-order valence-electron chi connectivity index (χ0n) is 16.9. The van der Waals surface area contributed by atoms with E-state index in [0.29, 0.717) is 16.9 Å². The molecule has 1 aromatic carbocycles. The van der Waals surface area contributed by atoms with Crippen molar-refractivity contribution in [3.8, 4) is 11.5 Å². The Morgan fingerprint density at radius 1 is 1.12 bits per heavy atom. The number of Topliss-reactive ketones (excluding diaryl/α,β-unsaturated/α-hetero) is 1. The van der Waals surface area contributed by atoms with Crippen LogP contribution in [-0.4, -0.2) is 45.9 Å². The molecule has 5 rings (SSSR count). The van der Waals surface area contributed by atoms with Crippen LogP contribution in [-0.2, 0) is 19.2 Å². The van der Waals surface area contributed by atoms with Crippen molar-refractivity contribution in [1.29, 1.82) is 0 Å². The molecule has 32 heavy (non-hydrogen) atoms. The SMILES string of the molecule is COc1cc(O)ccc1[C@H]1C2=CC[C@@H]3C(=O)N(O)C(=O)[C@@H]3[C@@H]2CC2=C1C(=O)C=C(Br)C2=O. The predicted molar refractivity (Wildman–Crippen MR) is 113 cm³/mol. The Balaban J connectivity index is 1.74. The Labute approximate surface area is 190 Å². The molecule has 1 aliphatic heterocycles. The van der Waals surface area contributed by atoms with Crippen molar-refractivity contribution >= 4 is 39.3 Å². The maximum absolute atomic E-state index is 13.1. The van der Waals surface area contributed by atoms with Gasteiger partial charge in [0.05, 0.1) is 23.4 Å². The van der Waals surface area contributed by atoms with E-state index in [1.165, 1.54) is 25.3 Å². The van der Waals surface area contributed by atoms with Gasteiger partial charge in [-0.15, -0.1) is 0 Å². The highest BCUT2D eigenvalue weighted by Gasteiger charge is 2.56. The zero-order valence-corrected chi connectivity index (χ0v) is 18.5. The maximum Gasteiger partial charge on any atom is 0.257 e. The van der Waals surface area contributed by atoms with Crippen LogP contribution in [0.1, 0.15) is 24.3 Å². The van der Waals surface area contributed by atoms with Crippen LogP contribution in [0.15, 0.2) is 51.6 Å². The first-order chi connectivity index (χ1) is 15.2. The minimum atomic E-state index is -0.820. The van der Waals surface area contributed by atoms with Gasteiger partial charge in [0.1, 0.15) is 11.5 Å². The Morgan fingerprint density at radius 2 is 1.88 bits per heavy atom. The highest BCUT2D eigenvalue weighted by atomic mass is 79.9. The predicted octanol–water partition coefficient (Wildman–Crippen LogP) is 2.55. The number of hydrogen-bond donors (Lipinski definition) is 2. The summed E-state index contributed by atoms with van der Waals surface area (Å²) >= 11 is 3.16. The number of ether oxygens (including phenoxy) is 1. The Morgan fingerprint density at radius 3 is 2.59 bits per heavy atom. The summed E-state index contributed by atoms with van der Waals surface area (Å²) in [5.41, 5.74) is 1.89. The standard InChI is InChI=1S/C23H18BrNO7/c1-32-17-6-9(26)2-3-11(17)18-10-4-5-12-19(23(30)25(31)22(12)29)13(10)7-14-20(18)16(27)8-15(24)21(14)28/h2-4,6,8,12-13,18-19,26,31H,5,7H2,1H3/t12-,13+,18+,19-/m0/s1. The average Bonchev–Trinajstić information content (AvgIpc) is 3.00. The van der Waals surface area contributed by atoms with E-state index in [1.54, 1.807) is 6.07 Å². The fraction of sp³-hybridized carbons (Fsp3) is 0.304. The zero-order chi connectivity index (χ0) is 22.9. The second-order valence-electron chi connectivity index (χ2n) is 8.31. The summed E-state index contributed by atoms with van der Waals surface area (Å²) in [6, 6.07) is 4.52. The van der Waals surface area contributed by atoms with Crippen molar-refractivity contribution in [1.82, 2.24) is 5.06 Å². The van der Waals surface area contributed by atoms with Gasteiger partial charge in [-0.25, -0.2) is 0 Å². The lowest BCUT2D eigenvalue weighted by molar-refractivity contribution is -0.173. The first kappa shape index (κ1) is 20.8. The molecule has 0 saturated carbocycles. The second kappa shape index (κ2) is 7.25. The summed E-state index contributed by atoms with van der Waals surface area (Å²) in [6.07, 6.45) is 3.42. The minimum Gasteiger partial charge on any atom is -0.508 e. The molecular formula is C23H18BrNO7. The molecule has 164 valence electrons. The lowest BCUT2D eigenvalue weighted by Gasteiger charge is -2.42. The molecule has 1 heterocycles. The summed E-state index contributed by atoms with van der Waals surface area (Å²) in [5.74, 6) is -4.47. The molecule has 1 saturated heterocycles. The highest BCUT2D eigenvalue weighted by molar-refractivity contribution is 9.12. The van der Waals surface area contributed by atoms with Crippen molar-refractivity contribution in [2.75, 3.05) is 7.11 Å². The number of allylic oxidation sites excluding steroid dienone is 6. The average molecular weight is 500 g/mol. The maximum atomic E-state index is 13.1. The van der Waals surface area contributed by atoms with Gasteiger partial charge in [-0.1, -0.05) is 17.7 Å². The number of fused-ring (bicyclic) bond motifs is 3. The molecule has 3 aliphatic carbocycles. The van der Waals surface area contributed by atoms with Gasteiger partial charge in [-0.05, 0) is 40.8 Å². The summed E-state index contributed by atoms with van der Waals surface area (Å²) in [5, 5.41) is 20.1. The third-order valence-electron chi connectivity index (χ3n) is 6.84. The molecule has 8 nitrogen and oxygen atoms in total. The molecule has 4 atom stereocenters. The normalized spacial score (nSPS) is 29.4. The largest absolute Gasteiger partial charge is 0.508 e. The number of rotatable bonds is 2. The van der Waals surface area contributed by atoms with Gasteiger partial charge in [-0.2, -0.15) is 5.06 Å². The number of nitrogens with zero attached hydrogens (tertiary/aromatic N) is 1. The van der Waals surface area contributed by atoms with Crippen LogP contribution >= 0.6 is 15.9 Å². The molecule has 0 aromatic heterocycles. The van der Waals surface area contributed by atoms with Gasteiger partial charge in [0.15, 0.2) is 11.6 Å². The highest BCUT2D eigenvalue weighted by Crippen LogP contribution is 2.56. The van der Waals surface area contributed by atoms with Gasteiger partial charge in [0, 0.05) is 34.8 Å². The van der Waals surface area contributed by atoms with E-state index in [-0.39, 0.29) is 45.3 Å². The number of ketones is 2. The molecule has 2 N–H and O–H groups in total. The summed E-state index contributed by atoms with van der Waals surface area (Å²) in [4.78, 5) is 51.3. The summed E-state index contributed by atoms with van der Waals surface area (Å²) in [6.45, 7) is 0. The Hall–Kier alpha value is -3.04. The summed E-state index contributed by atoms with van der Waals surface area (Å²) in [7, 11) is 1.44. The number of aromatic hydroxyl groups is 1. The van der Waals surface area contributed by atoms with Gasteiger partial charge in [0.25, 0.3) is 11.8 Å². The molecule has 1 fully saturated rings. The van der Waals surface area contributed by atoms with Crippen LogP contribution in [0.3, 0.4) is 0 Å². The first-order valence-corrected chi connectivity index (χ1v) is 10.9. The molecule has 9 heteroatoms. The van der Waals surface area contributed by atoms with Crippen LogP contribution in [0, 0.1) is 17.8 Å². The molecular weight excluding hydrogens is 482 g/mol. The van der Waals surface area contributed by atoms with Crippen LogP contribution in [0.2, 0.25) is 0 Å². The lowest BCUT2D eigenvalue weighted by Crippen LogP contribution is -2.39. The first-order valence-electron chi connectivity index (χ1n) is 10.1. The van der Waals surface area contributed by atoms with Crippen molar-refractivity contribution in [2.45, 2.75) is 18.8 Å². The number of imide groups is 1. The van der Waals surface area contributed by atoms with E-state index >= 15 is 0 Å². The lowest BCUT2D eigenvalue weighted by atomic mass is 9.59. The van der Waals surface area contributed by atoms with Crippen LogP contribution in [0.4, 0.5) is 0 Å². The third-order valence-corrected chi connectivity index (χ3v) is 7.43. The Bertz CT molecular complexity index is 1210. The number of amides is 2. The van der Waals surface area contributed by atoms with Gasteiger partial charge >= 0.3 is 0 Å². The number of hydroxylamine groups is 2. The molecule has 4 aliphatic rings. The quantitative estimate of drug-likeness (QED) is 0.277. The molecule has 1 aromatic rings. The van der Waals surface area contributed by atoms with Gasteiger partial charge < -0.3 is 9.84 Å². The van der Waals surface area contributed by atoms with Crippen molar-refractivity contribution in [3.63, 3.8) is 0 Å². The second-order valence-corrected chi connectivity index (χ2v) is 9.16. The van der Waals surface area contributed by atoms with Crippen molar-refractivity contribution in [3.05, 3.63) is 57.1 Å². The molecule has 2 amide bonds. The molecule has 0 spiro atoms. The van der Waals surface area contributed by atoms with E-state index in [9.17, 15) is 29.5 Å². The smallest absolute Gasteiger partial charge is 0.257 e. The fourth-order valence-corrected chi connectivity index (χ4v) is 5.93. The Kier molecular flexibility index (Phi) is 4.72. The topological polar surface area (TPSA) is 121 Å². The number of hydrogen-bond acceptors (Lipinski definition) is 7. The van der Waals surface area contributed by atoms with E-state index in [4.69, 9.17) is 4.74 Å². The third kappa shape index (κ3) is 2.77. The fourth-order valence-electron chi connectivity index (χ4n) is 5.48. The monoisotopic (exact) mass is 499 g/mol. The van der Waals surface area contributed by atoms with E-state index in [1.807, 2.05) is 6.08 Å².